The van der Waals surface area contributed by atoms with Crippen molar-refractivity contribution in [2.24, 2.45) is 5.92 Å². The molecule has 1 amide bonds. The van der Waals surface area contributed by atoms with Gasteiger partial charge in [0.05, 0.1) is 24.9 Å². The predicted octanol–water partition coefficient (Wildman–Crippen LogP) is 1.06. The SMILES string of the molecule is CC1NC2CC([C@H](C)SC3NNCN3C)CC(NC(=O)C3CCCC(C(F)(F)F)N3)C2O1. The number of alkyl halides is 3. The molecule has 0 aromatic carbocycles. The lowest BCUT2D eigenvalue weighted by Crippen LogP contribution is -2.60. The number of carbonyl (C=O) groups excluding carboxylic acids is 1. The van der Waals surface area contributed by atoms with Crippen molar-refractivity contribution >= 4 is 17.7 Å². The number of hydrogen-bond donors (Lipinski definition) is 5. The fraction of sp³-hybridized carbons (Fsp3) is 0.950. The van der Waals surface area contributed by atoms with Crippen molar-refractivity contribution in [2.75, 3.05) is 13.7 Å². The van der Waals surface area contributed by atoms with Gasteiger partial charge in [0.25, 0.3) is 0 Å². The minimum Gasteiger partial charge on any atom is -0.357 e. The number of thioether (sulfide) groups is 1. The van der Waals surface area contributed by atoms with Gasteiger partial charge in [0.2, 0.25) is 5.91 Å². The van der Waals surface area contributed by atoms with Gasteiger partial charge in [0.15, 0.2) is 0 Å². The molecular formula is C20H35F3N6O2S. The number of carbonyl (C=O) groups is 1. The van der Waals surface area contributed by atoms with Crippen molar-refractivity contribution in [3.8, 4) is 0 Å². The second-order valence-electron chi connectivity index (χ2n) is 9.54. The summed E-state index contributed by atoms with van der Waals surface area (Å²) in [7, 11) is 2.05. The second-order valence-corrected chi connectivity index (χ2v) is 11.0. The Labute approximate surface area is 191 Å². The lowest BCUT2D eigenvalue weighted by atomic mass is 9.79. The third-order valence-corrected chi connectivity index (χ3v) is 8.66. The van der Waals surface area contributed by atoms with Gasteiger partial charge in [-0.2, -0.15) is 13.2 Å². The zero-order valence-corrected chi connectivity index (χ0v) is 19.6. The molecule has 4 aliphatic rings. The molecule has 0 aromatic heterocycles. The Morgan fingerprint density at radius 3 is 2.72 bits per heavy atom. The Kier molecular flexibility index (Phi) is 7.60. The average Bonchev–Trinajstić information content (AvgIpc) is 3.31. The van der Waals surface area contributed by atoms with Gasteiger partial charge in [-0.15, -0.1) is 11.8 Å². The molecule has 3 heterocycles. The zero-order valence-electron chi connectivity index (χ0n) is 18.7. The highest BCUT2D eigenvalue weighted by Gasteiger charge is 2.48. The van der Waals surface area contributed by atoms with E-state index in [1.807, 2.05) is 18.7 Å². The molecule has 3 aliphatic heterocycles. The first-order valence-electron chi connectivity index (χ1n) is 11.5. The van der Waals surface area contributed by atoms with Crippen LogP contribution in [0.4, 0.5) is 13.2 Å². The summed E-state index contributed by atoms with van der Waals surface area (Å²) in [6, 6.07) is -2.56. The van der Waals surface area contributed by atoms with E-state index >= 15 is 0 Å². The first-order chi connectivity index (χ1) is 15.1. The van der Waals surface area contributed by atoms with Gasteiger partial charge < -0.3 is 10.1 Å². The lowest BCUT2D eigenvalue weighted by molar-refractivity contribution is -0.164. The molecule has 184 valence electrons. The van der Waals surface area contributed by atoms with E-state index in [2.05, 4.69) is 45.7 Å². The molecule has 1 aliphatic carbocycles. The molecule has 32 heavy (non-hydrogen) atoms. The van der Waals surface area contributed by atoms with Crippen molar-refractivity contribution < 1.29 is 22.7 Å². The van der Waals surface area contributed by atoms with Crippen molar-refractivity contribution in [3.05, 3.63) is 0 Å². The molecule has 9 atom stereocenters. The number of nitrogens with one attached hydrogen (secondary N) is 5. The van der Waals surface area contributed by atoms with Crippen LogP contribution in [0.3, 0.4) is 0 Å². The summed E-state index contributed by atoms with van der Waals surface area (Å²) in [6.07, 6.45) is -2.12. The van der Waals surface area contributed by atoms with Gasteiger partial charge in [-0.25, -0.2) is 10.9 Å². The summed E-state index contributed by atoms with van der Waals surface area (Å²) in [6.45, 7) is 4.93. The number of fused-ring (bicyclic) bond motifs is 1. The van der Waals surface area contributed by atoms with E-state index in [4.69, 9.17) is 4.74 Å². The van der Waals surface area contributed by atoms with Gasteiger partial charge in [-0.1, -0.05) is 6.92 Å². The van der Waals surface area contributed by atoms with Crippen LogP contribution in [0.2, 0.25) is 0 Å². The number of nitrogens with zero attached hydrogens (tertiary/aromatic N) is 1. The summed E-state index contributed by atoms with van der Waals surface area (Å²) in [4.78, 5) is 15.2. The summed E-state index contributed by atoms with van der Waals surface area (Å²) in [5.74, 6) is -0.0146. The lowest BCUT2D eigenvalue weighted by Gasteiger charge is -2.41. The molecule has 8 unspecified atom stereocenters. The molecule has 0 radical (unpaired) electrons. The van der Waals surface area contributed by atoms with E-state index < -0.39 is 18.3 Å². The standard InChI is InChI=1S/C20H35F3N6O2S/c1-10(32-19-28-24-9-29(19)3)12-7-14-17(31-11(2)25-14)15(8-12)27-18(30)13-5-4-6-16(26-13)20(21,22)23/h10-17,19,24-26,28H,4-9H2,1-3H3,(H,27,30)/t10-,11?,12?,13?,14?,15?,16?,17?,19?/m0/s1. The van der Waals surface area contributed by atoms with Crippen molar-refractivity contribution in [3.63, 3.8) is 0 Å². The Morgan fingerprint density at radius 1 is 1.25 bits per heavy atom. The average molecular weight is 481 g/mol. The van der Waals surface area contributed by atoms with E-state index in [0.29, 0.717) is 24.0 Å². The van der Waals surface area contributed by atoms with Crippen LogP contribution < -0.4 is 26.8 Å². The fourth-order valence-corrected chi connectivity index (χ4v) is 6.62. The molecular weight excluding hydrogens is 445 g/mol. The molecule has 3 saturated heterocycles. The predicted molar refractivity (Wildman–Crippen MR) is 116 cm³/mol. The molecule has 4 fully saturated rings. The monoisotopic (exact) mass is 480 g/mol. The Morgan fingerprint density at radius 2 is 2.03 bits per heavy atom. The first-order valence-corrected chi connectivity index (χ1v) is 12.4. The maximum absolute atomic E-state index is 13.2. The van der Waals surface area contributed by atoms with Crippen molar-refractivity contribution in [1.29, 1.82) is 0 Å². The Balaban J connectivity index is 1.40. The number of hydrazine groups is 1. The molecule has 12 heteroatoms. The smallest absolute Gasteiger partial charge is 0.357 e. The van der Waals surface area contributed by atoms with Crippen LogP contribution >= 0.6 is 11.8 Å². The summed E-state index contributed by atoms with van der Waals surface area (Å²) >= 11 is 1.84. The third kappa shape index (κ3) is 5.53. The number of ether oxygens (including phenoxy) is 1. The highest BCUT2D eigenvalue weighted by molar-refractivity contribution is 8.00. The summed E-state index contributed by atoms with van der Waals surface area (Å²) in [5, 5.41) is 9.37. The molecule has 1 saturated carbocycles. The van der Waals surface area contributed by atoms with E-state index in [1.54, 1.807) is 0 Å². The van der Waals surface area contributed by atoms with Gasteiger partial charge >= 0.3 is 6.18 Å². The van der Waals surface area contributed by atoms with Crippen molar-refractivity contribution in [1.82, 2.24) is 31.7 Å². The Bertz CT molecular complexity index is 674. The molecule has 0 aromatic rings. The molecule has 0 spiro atoms. The van der Waals surface area contributed by atoms with Gasteiger partial charge in [-0.05, 0) is 52.0 Å². The zero-order chi connectivity index (χ0) is 23.0. The van der Waals surface area contributed by atoms with Crippen LogP contribution in [-0.4, -0.2) is 77.9 Å². The molecule has 8 nitrogen and oxygen atoms in total. The number of piperidine rings is 1. The maximum atomic E-state index is 13.2. The van der Waals surface area contributed by atoms with E-state index in [-0.39, 0.29) is 42.2 Å². The maximum Gasteiger partial charge on any atom is 0.403 e. The number of halogens is 3. The summed E-state index contributed by atoms with van der Waals surface area (Å²) < 4.78 is 45.5. The molecule has 5 N–H and O–H groups in total. The second kappa shape index (κ2) is 9.93. The molecule has 0 bridgehead atoms. The summed E-state index contributed by atoms with van der Waals surface area (Å²) in [5.41, 5.74) is 6.57. The number of hydrogen-bond acceptors (Lipinski definition) is 8. The minimum absolute atomic E-state index is 0.0151. The Hall–Kier alpha value is -0.630. The van der Waals surface area contributed by atoms with Gasteiger partial charge in [0.1, 0.15) is 17.8 Å². The van der Waals surface area contributed by atoms with Crippen LogP contribution in [0.25, 0.3) is 0 Å². The van der Waals surface area contributed by atoms with E-state index in [1.165, 1.54) is 0 Å². The van der Waals surface area contributed by atoms with Gasteiger partial charge in [0, 0.05) is 11.3 Å². The van der Waals surface area contributed by atoms with Crippen LogP contribution in [0.1, 0.15) is 46.0 Å². The van der Waals surface area contributed by atoms with Crippen LogP contribution in [-0.2, 0) is 9.53 Å². The van der Waals surface area contributed by atoms with Crippen molar-refractivity contribution in [2.45, 2.75) is 99.4 Å². The molecule has 4 rings (SSSR count). The van der Waals surface area contributed by atoms with Crippen LogP contribution in [0.5, 0.6) is 0 Å². The third-order valence-electron chi connectivity index (χ3n) is 7.11. The van der Waals surface area contributed by atoms with Gasteiger partial charge in [-0.3, -0.25) is 20.3 Å². The largest absolute Gasteiger partial charge is 0.403 e. The van der Waals surface area contributed by atoms with E-state index in [9.17, 15) is 18.0 Å². The normalized spacial score (nSPS) is 41.9. The topological polar surface area (TPSA) is 89.7 Å². The van der Waals surface area contributed by atoms with E-state index in [0.717, 1.165) is 19.5 Å². The first kappa shape index (κ1) is 24.5. The van der Waals surface area contributed by atoms with Crippen LogP contribution in [0.15, 0.2) is 0 Å². The fourth-order valence-electron chi connectivity index (χ4n) is 5.34. The number of amides is 1. The minimum atomic E-state index is -4.34. The van der Waals surface area contributed by atoms with Crippen LogP contribution in [0, 0.1) is 5.92 Å². The number of rotatable bonds is 5. The highest BCUT2D eigenvalue weighted by atomic mass is 32.2. The highest BCUT2D eigenvalue weighted by Crippen LogP contribution is 2.38. The quantitative estimate of drug-likeness (QED) is 0.399.